The summed E-state index contributed by atoms with van der Waals surface area (Å²) in [5.74, 6) is -0.441. The molecule has 24 heavy (non-hydrogen) atoms. The second-order valence-electron chi connectivity index (χ2n) is 5.17. The zero-order valence-electron chi connectivity index (χ0n) is 12.7. The van der Waals surface area contributed by atoms with Gasteiger partial charge in [-0.15, -0.1) is 0 Å². The molecular weight excluding hydrogens is 349 g/mol. The molecule has 0 aliphatic heterocycles. The molecule has 2 aromatic heterocycles. The zero-order valence-corrected chi connectivity index (χ0v) is 13.5. The highest BCUT2D eigenvalue weighted by Crippen LogP contribution is 2.34. The van der Waals surface area contributed by atoms with Crippen molar-refractivity contribution in [1.82, 2.24) is 14.9 Å². The number of hydroxylamine groups is 1. The van der Waals surface area contributed by atoms with Crippen LogP contribution in [0.2, 0.25) is 5.02 Å². The molecule has 0 unspecified atom stereocenters. The summed E-state index contributed by atoms with van der Waals surface area (Å²) in [7, 11) is 0. The van der Waals surface area contributed by atoms with Gasteiger partial charge in [-0.25, -0.2) is 10.5 Å². The molecule has 132 valence electrons. The number of nitrogens with zero attached hydrogens (tertiary/aromatic N) is 2. The highest BCUT2D eigenvalue weighted by atomic mass is 35.5. The average molecular weight is 365 g/mol. The number of alkyl halides is 3. The van der Waals surface area contributed by atoms with Crippen molar-refractivity contribution in [2.24, 2.45) is 0 Å². The minimum atomic E-state index is -4.53. The van der Waals surface area contributed by atoms with Gasteiger partial charge >= 0.3 is 6.18 Å². The third-order valence-electron chi connectivity index (χ3n) is 3.41. The minimum Gasteiger partial charge on any atom is -0.359 e. The van der Waals surface area contributed by atoms with Crippen molar-refractivity contribution in [3.63, 3.8) is 0 Å². The number of carbonyl (C=O) groups is 1. The predicted octanol–water partition coefficient (Wildman–Crippen LogP) is 3.27. The molecule has 2 heterocycles. The Morgan fingerprint density at radius 2 is 2.17 bits per heavy atom. The van der Waals surface area contributed by atoms with Crippen molar-refractivity contribution in [1.29, 1.82) is 0 Å². The van der Waals surface area contributed by atoms with Crippen LogP contribution < -0.4 is 10.8 Å². The van der Waals surface area contributed by atoms with Gasteiger partial charge < -0.3 is 5.32 Å². The number of pyridine rings is 1. The molecule has 2 aromatic rings. The SMILES string of the molecule is CCCCc1c(NCC(=O)NO)nc2c(Cl)cc(C(F)(F)F)cn12. The van der Waals surface area contributed by atoms with E-state index in [0.717, 1.165) is 25.1 Å². The predicted molar refractivity (Wildman–Crippen MR) is 82.2 cm³/mol. The number of hydrogen-bond acceptors (Lipinski definition) is 4. The number of aryl methyl sites for hydroxylation is 1. The monoisotopic (exact) mass is 364 g/mol. The third kappa shape index (κ3) is 3.90. The van der Waals surface area contributed by atoms with Crippen molar-refractivity contribution in [3.8, 4) is 0 Å². The summed E-state index contributed by atoms with van der Waals surface area (Å²) >= 11 is 5.95. The lowest BCUT2D eigenvalue weighted by Crippen LogP contribution is -2.27. The van der Waals surface area contributed by atoms with Gasteiger partial charge in [-0.1, -0.05) is 24.9 Å². The van der Waals surface area contributed by atoms with Crippen molar-refractivity contribution < 1.29 is 23.2 Å². The number of unbranched alkanes of at least 4 members (excludes halogenated alkanes) is 1. The molecule has 0 aromatic carbocycles. The van der Waals surface area contributed by atoms with E-state index in [4.69, 9.17) is 16.8 Å². The van der Waals surface area contributed by atoms with Gasteiger partial charge in [0.15, 0.2) is 5.65 Å². The van der Waals surface area contributed by atoms with Crippen molar-refractivity contribution in [2.75, 3.05) is 11.9 Å². The summed E-state index contributed by atoms with van der Waals surface area (Å²) in [6.07, 6.45) is -1.58. The third-order valence-corrected chi connectivity index (χ3v) is 3.69. The van der Waals surface area contributed by atoms with Crippen LogP contribution in [0.5, 0.6) is 0 Å². The lowest BCUT2D eigenvalue weighted by atomic mass is 10.2. The number of halogens is 4. The molecule has 0 saturated carbocycles. The summed E-state index contributed by atoms with van der Waals surface area (Å²) in [5.41, 5.74) is 1.24. The van der Waals surface area contributed by atoms with E-state index in [1.807, 2.05) is 6.92 Å². The van der Waals surface area contributed by atoms with E-state index in [1.165, 1.54) is 9.88 Å². The van der Waals surface area contributed by atoms with Gasteiger partial charge in [0.2, 0.25) is 0 Å². The van der Waals surface area contributed by atoms with Crippen LogP contribution in [0.3, 0.4) is 0 Å². The largest absolute Gasteiger partial charge is 0.417 e. The van der Waals surface area contributed by atoms with E-state index < -0.39 is 17.6 Å². The van der Waals surface area contributed by atoms with Gasteiger partial charge in [-0.3, -0.25) is 14.4 Å². The summed E-state index contributed by atoms with van der Waals surface area (Å²) in [4.78, 5) is 15.3. The van der Waals surface area contributed by atoms with Crippen LogP contribution in [-0.4, -0.2) is 27.0 Å². The number of aromatic nitrogens is 2. The number of hydrogen-bond donors (Lipinski definition) is 3. The van der Waals surface area contributed by atoms with Crippen LogP contribution in [0.1, 0.15) is 31.0 Å². The molecule has 2 rings (SSSR count). The topological polar surface area (TPSA) is 78.7 Å². The fraction of sp³-hybridized carbons (Fsp3) is 0.429. The number of carbonyl (C=O) groups excluding carboxylic acids is 1. The molecule has 1 amide bonds. The highest BCUT2D eigenvalue weighted by Gasteiger charge is 2.32. The summed E-state index contributed by atoms with van der Waals surface area (Å²) < 4.78 is 40.3. The van der Waals surface area contributed by atoms with E-state index in [1.54, 1.807) is 0 Å². The van der Waals surface area contributed by atoms with Crippen LogP contribution in [-0.2, 0) is 17.4 Å². The number of amides is 1. The summed E-state index contributed by atoms with van der Waals surface area (Å²) in [5, 5.41) is 11.1. The Morgan fingerprint density at radius 3 is 2.75 bits per heavy atom. The molecule has 6 nitrogen and oxygen atoms in total. The first kappa shape index (κ1) is 18.3. The van der Waals surface area contributed by atoms with Gasteiger partial charge in [0.05, 0.1) is 22.8 Å². The molecule has 0 aliphatic carbocycles. The Labute approximate surface area is 140 Å². The molecule has 0 radical (unpaired) electrons. The highest BCUT2D eigenvalue weighted by molar-refractivity contribution is 6.33. The molecule has 3 N–H and O–H groups in total. The maximum atomic E-state index is 13.0. The quantitative estimate of drug-likeness (QED) is 0.543. The van der Waals surface area contributed by atoms with E-state index in [9.17, 15) is 18.0 Å². The average Bonchev–Trinajstić information content (AvgIpc) is 2.88. The van der Waals surface area contributed by atoms with E-state index in [2.05, 4.69) is 10.3 Å². The van der Waals surface area contributed by atoms with Gasteiger partial charge in [0.25, 0.3) is 5.91 Å². The van der Waals surface area contributed by atoms with Crippen LogP contribution in [0, 0.1) is 0 Å². The molecule has 0 spiro atoms. The number of nitrogens with one attached hydrogen (secondary N) is 2. The Kier molecular flexibility index (Phi) is 5.55. The second kappa shape index (κ2) is 7.27. The molecule has 10 heteroatoms. The first-order chi connectivity index (χ1) is 11.3. The number of anilines is 1. The number of rotatable bonds is 6. The fourth-order valence-corrected chi connectivity index (χ4v) is 2.49. The van der Waals surface area contributed by atoms with Crippen molar-refractivity contribution >= 4 is 29.0 Å². The Hall–Kier alpha value is -2.00. The lowest BCUT2D eigenvalue weighted by Gasteiger charge is -2.10. The van der Waals surface area contributed by atoms with E-state index in [-0.39, 0.29) is 23.0 Å². The van der Waals surface area contributed by atoms with Gasteiger partial charge in [-0.2, -0.15) is 13.2 Å². The maximum absolute atomic E-state index is 13.0. The van der Waals surface area contributed by atoms with Crippen LogP contribution in [0.4, 0.5) is 19.0 Å². The standard InChI is InChI=1S/C14H16ClF3N4O2/c1-2-3-4-10-12(19-6-11(23)21-24)20-13-9(15)5-8(7-22(10)13)14(16,17)18/h5,7,19,24H,2-4,6H2,1H3,(H,21,23). The smallest absolute Gasteiger partial charge is 0.359 e. The van der Waals surface area contributed by atoms with E-state index >= 15 is 0 Å². The maximum Gasteiger partial charge on any atom is 0.417 e. The van der Waals surface area contributed by atoms with Crippen LogP contribution in [0.25, 0.3) is 5.65 Å². The fourth-order valence-electron chi connectivity index (χ4n) is 2.23. The molecule has 0 fully saturated rings. The Balaban J connectivity index is 2.52. The molecular formula is C14H16ClF3N4O2. The van der Waals surface area contributed by atoms with Gasteiger partial charge in [-0.05, 0) is 18.9 Å². The summed E-state index contributed by atoms with van der Waals surface area (Å²) in [6.45, 7) is 1.67. The number of fused-ring (bicyclic) bond motifs is 1. The van der Waals surface area contributed by atoms with E-state index in [0.29, 0.717) is 12.1 Å². The molecule has 0 bridgehead atoms. The normalized spacial score (nSPS) is 11.8. The van der Waals surface area contributed by atoms with Crippen molar-refractivity contribution in [2.45, 2.75) is 32.4 Å². The zero-order chi connectivity index (χ0) is 17.9. The molecule has 0 atom stereocenters. The van der Waals surface area contributed by atoms with Crippen molar-refractivity contribution in [3.05, 3.63) is 28.5 Å². The van der Waals surface area contributed by atoms with Crippen LogP contribution >= 0.6 is 11.6 Å². The first-order valence-electron chi connectivity index (χ1n) is 7.22. The molecule has 0 aliphatic rings. The van der Waals surface area contributed by atoms with Gasteiger partial charge in [0, 0.05) is 6.20 Å². The molecule has 0 saturated heterocycles. The number of imidazole rings is 1. The minimum absolute atomic E-state index is 0.137. The summed E-state index contributed by atoms with van der Waals surface area (Å²) in [6, 6.07) is 0.817. The first-order valence-corrected chi connectivity index (χ1v) is 7.60. The van der Waals surface area contributed by atoms with Gasteiger partial charge in [0.1, 0.15) is 5.82 Å². The lowest BCUT2D eigenvalue weighted by molar-refractivity contribution is -0.137. The van der Waals surface area contributed by atoms with Crippen LogP contribution in [0.15, 0.2) is 12.3 Å². The second-order valence-corrected chi connectivity index (χ2v) is 5.57. The Bertz CT molecular complexity index is 746. The Morgan fingerprint density at radius 1 is 1.46 bits per heavy atom.